The average molecular weight is 200 g/mol. The molecule has 0 aromatic heterocycles. The van der Waals surface area contributed by atoms with Crippen LogP contribution in [0.5, 0.6) is 0 Å². The van der Waals surface area contributed by atoms with E-state index in [-0.39, 0.29) is 0 Å². The first-order valence-corrected chi connectivity index (χ1v) is 5.28. The van der Waals surface area contributed by atoms with Gasteiger partial charge < -0.3 is 10.6 Å². The molecule has 0 aliphatic rings. The quantitative estimate of drug-likeness (QED) is 0.492. The summed E-state index contributed by atoms with van der Waals surface area (Å²) in [4.78, 5) is 22.1. The lowest BCUT2D eigenvalue weighted by Crippen LogP contribution is -2.40. The molecular weight excluding hydrogens is 180 g/mol. The molecule has 2 N–H and O–H groups in total. The van der Waals surface area contributed by atoms with E-state index in [4.69, 9.17) is 0 Å². The highest BCUT2D eigenvalue weighted by Gasteiger charge is 2.10. The van der Waals surface area contributed by atoms with Gasteiger partial charge >= 0.3 is 11.8 Å². The molecule has 0 rings (SSSR count). The van der Waals surface area contributed by atoms with Gasteiger partial charge in [-0.2, -0.15) is 0 Å². The standard InChI is InChI=1S/C10H20N2O2/c1-3-5-6-8-12-10(14)9(13)11-7-4-2/h3-8H2,1-2H3,(H,11,13)(H,12,14). The first kappa shape index (κ1) is 12.9. The predicted octanol–water partition coefficient (Wildman–Crippen LogP) is 0.819. The lowest BCUT2D eigenvalue weighted by molar-refractivity contribution is -0.139. The SMILES string of the molecule is CCCCCNC(=O)C(=O)NCCC. The van der Waals surface area contributed by atoms with Crippen molar-refractivity contribution in [1.82, 2.24) is 10.6 Å². The summed E-state index contributed by atoms with van der Waals surface area (Å²) < 4.78 is 0. The van der Waals surface area contributed by atoms with Crippen LogP contribution in [0, 0.1) is 0 Å². The summed E-state index contributed by atoms with van der Waals surface area (Å²) in [5.41, 5.74) is 0. The summed E-state index contributed by atoms with van der Waals surface area (Å²) in [5.74, 6) is -1.04. The van der Waals surface area contributed by atoms with Gasteiger partial charge in [0.1, 0.15) is 0 Å². The first-order valence-electron chi connectivity index (χ1n) is 5.28. The molecule has 0 atom stereocenters. The molecule has 4 heteroatoms. The molecule has 0 aliphatic carbocycles. The van der Waals surface area contributed by atoms with Gasteiger partial charge in [0.2, 0.25) is 0 Å². The van der Waals surface area contributed by atoms with Gasteiger partial charge in [-0.25, -0.2) is 0 Å². The minimum absolute atomic E-state index is 0.519. The number of nitrogens with one attached hydrogen (secondary N) is 2. The number of amides is 2. The predicted molar refractivity (Wildman–Crippen MR) is 55.8 cm³/mol. The Labute approximate surface area is 85.4 Å². The van der Waals surface area contributed by atoms with Crippen LogP contribution in [-0.2, 0) is 9.59 Å². The van der Waals surface area contributed by atoms with Crippen LogP contribution < -0.4 is 10.6 Å². The number of unbranched alkanes of at least 4 members (excludes halogenated alkanes) is 2. The Kier molecular flexibility index (Phi) is 7.89. The first-order chi connectivity index (χ1) is 6.72. The van der Waals surface area contributed by atoms with E-state index in [1.165, 1.54) is 0 Å². The molecule has 0 aliphatic heterocycles. The Morgan fingerprint density at radius 3 is 1.93 bits per heavy atom. The Bertz CT molecular complexity index is 181. The third kappa shape index (κ3) is 6.46. The largest absolute Gasteiger partial charge is 0.348 e. The normalized spacial score (nSPS) is 9.57. The van der Waals surface area contributed by atoms with E-state index in [2.05, 4.69) is 17.6 Å². The van der Waals surface area contributed by atoms with Crippen molar-refractivity contribution < 1.29 is 9.59 Å². The number of carbonyl (C=O) groups excluding carboxylic acids is 2. The van der Waals surface area contributed by atoms with E-state index in [0.29, 0.717) is 13.1 Å². The van der Waals surface area contributed by atoms with E-state index in [9.17, 15) is 9.59 Å². The van der Waals surface area contributed by atoms with Crippen molar-refractivity contribution in [3.8, 4) is 0 Å². The number of hydrogen-bond donors (Lipinski definition) is 2. The molecule has 0 aromatic carbocycles. The Balaban J connectivity index is 3.47. The third-order valence-electron chi connectivity index (χ3n) is 1.81. The smallest absolute Gasteiger partial charge is 0.309 e. The molecule has 0 saturated heterocycles. The van der Waals surface area contributed by atoms with Crippen molar-refractivity contribution >= 4 is 11.8 Å². The van der Waals surface area contributed by atoms with Crippen molar-refractivity contribution in [3.63, 3.8) is 0 Å². The zero-order valence-corrected chi connectivity index (χ0v) is 9.06. The highest BCUT2D eigenvalue weighted by molar-refractivity contribution is 6.35. The molecule has 0 spiro atoms. The molecule has 0 bridgehead atoms. The van der Waals surface area contributed by atoms with Gasteiger partial charge in [0.15, 0.2) is 0 Å². The van der Waals surface area contributed by atoms with Crippen LogP contribution in [-0.4, -0.2) is 24.9 Å². The summed E-state index contributed by atoms with van der Waals surface area (Å²) in [5, 5.41) is 5.10. The average Bonchev–Trinajstić information content (AvgIpc) is 2.20. The molecule has 0 heterocycles. The van der Waals surface area contributed by atoms with Gasteiger partial charge in [-0.3, -0.25) is 9.59 Å². The molecule has 82 valence electrons. The van der Waals surface area contributed by atoms with Crippen molar-refractivity contribution in [2.75, 3.05) is 13.1 Å². The summed E-state index contributed by atoms with van der Waals surface area (Å²) >= 11 is 0. The van der Waals surface area contributed by atoms with Crippen molar-refractivity contribution in [2.45, 2.75) is 39.5 Å². The second-order valence-electron chi connectivity index (χ2n) is 3.22. The van der Waals surface area contributed by atoms with Gasteiger partial charge in [0.05, 0.1) is 0 Å². The number of carbonyl (C=O) groups is 2. The Morgan fingerprint density at radius 1 is 0.857 bits per heavy atom. The molecule has 0 fully saturated rings. The lowest BCUT2D eigenvalue weighted by Gasteiger charge is -2.04. The number of rotatable bonds is 6. The molecule has 2 amide bonds. The summed E-state index contributed by atoms with van der Waals surface area (Å²) in [7, 11) is 0. The van der Waals surface area contributed by atoms with Crippen molar-refractivity contribution in [2.24, 2.45) is 0 Å². The highest BCUT2D eigenvalue weighted by Crippen LogP contribution is 1.90. The molecule has 4 nitrogen and oxygen atoms in total. The van der Waals surface area contributed by atoms with Crippen LogP contribution in [0.15, 0.2) is 0 Å². The fourth-order valence-electron chi connectivity index (χ4n) is 0.976. The van der Waals surface area contributed by atoms with E-state index in [1.807, 2.05) is 6.92 Å². The summed E-state index contributed by atoms with van der Waals surface area (Å²) in [6.07, 6.45) is 3.97. The fourth-order valence-corrected chi connectivity index (χ4v) is 0.976. The number of hydrogen-bond acceptors (Lipinski definition) is 2. The monoisotopic (exact) mass is 200 g/mol. The second-order valence-corrected chi connectivity index (χ2v) is 3.22. The maximum Gasteiger partial charge on any atom is 0.309 e. The molecule has 0 aromatic rings. The zero-order chi connectivity index (χ0) is 10.8. The fraction of sp³-hybridized carbons (Fsp3) is 0.800. The minimum atomic E-state index is -0.525. The summed E-state index contributed by atoms with van der Waals surface area (Å²) in [6, 6.07) is 0. The van der Waals surface area contributed by atoms with Crippen LogP contribution in [0.1, 0.15) is 39.5 Å². The van der Waals surface area contributed by atoms with Gasteiger partial charge in [-0.05, 0) is 12.8 Å². The van der Waals surface area contributed by atoms with Crippen LogP contribution in [0.2, 0.25) is 0 Å². The van der Waals surface area contributed by atoms with Gasteiger partial charge in [0, 0.05) is 13.1 Å². The van der Waals surface area contributed by atoms with Crippen LogP contribution >= 0.6 is 0 Å². The Hall–Kier alpha value is -1.06. The molecule has 14 heavy (non-hydrogen) atoms. The Morgan fingerprint density at radius 2 is 1.43 bits per heavy atom. The second kappa shape index (κ2) is 8.53. The maximum atomic E-state index is 11.1. The van der Waals surface area contributed by atoms with Crippen molar-refractivity contribution in [1.29, 1.82) is 0 Å². The maximum absolute atomic E-state index is 11.1. The minimum Gasteiger partial charge on any atom is -0.348 e. The third-order valence-corrected chi connectivity index (χ3v) is 1.81. The van der Waals surface area contributed by atoms with Gasteiger partial charge in [-0.1, -0.05) is 26.7 Å². The van der Waals surface area contributed by atoms with Crippen LogP contribution in [0.3, 0.4) is 0 Å². The van der Waals surface area contributed by atoms with Crippen molar-refractivity contribution in [3.05, 3.63) is 0 Å². The molecule has 0 radical (unpaired) electrons. The van der Waals surface area contributed by atoms with Gasteiger partial charge in [0.25, 0.3) is 0 Å². The van der Waals surface area contributed by atoms with E-state index < -0.39 is 11.8 Å². The van der Waals surface area contributed by atoms with E-state index >= 15 is 0 Å². The molecular formula is C10H20N2O2. The van der Waals surface area contributed by atoms with Crippen LogP contribution in [0.4, 0.5) is 0 Å². The highest BCUT2D eigenvalue weighted by atomic mass is 16.2. The van der Waals surface area contributed by atoms with Crippen LogP contribution in [0.25, 0.3) is 0 Å². The molecule has 0 saturated carbocycles. The van der Waals surface area contributed by atoms with Gasteiger partial charge in [-0.15, -0.1) is 0 Å². The topological polar surface area (TPSA) is 58.2 Å². The van der Waals surface area contributed by atoms with E-state index in [1.54, 1.807) is 0 Å². The summed E-state index contributed by atoms with van der Waals surface area (Å²) in [6.45, 7) is 5.18. The van der Waals surface area contributed by atoms with E-state index in [0.717, 1.165) is 25.7 Å². The zero-order valence-electron chi connectivity index (χ0n) is 9.06. The lowest BCUT2D eigenvalue weighted by atomic mass is 10.2. The molecule has 0 unspecified atom stereocenters.